The van der Waals surface area contributed by atoms with Crippen LogP contribution in [0, 0.1) is 5.92 Å². The Kier molecular flexibility index (Phi) is 8.91. The lowest BCUT2D eigenvalue weighted by atomic mass is 10.1. The molecule has 1 fully saturated rings. The van der Waals surface area contributed by atoms with Crippen molar-refractivity contribution in [3.05, 3.63) is 35.9 Å². The van der Waals surface area contributed by atoms with Gasteiger partial charge in [-0.1, -0.05) is 60.8 Å². The minimum atomic E-state index is -1.03. The van der Waals surface area contributed by atoms with Crippen molar-refractivity contribution in [2.75, 3.05) is 17.3 Å². The number of hydrogen-bond donors (Lipinski definition) is 1. The maximum atomic E-state index is 13.0. The zero-order valence-corrected chi connectivity index (χ0v) is 18.1. The number of rotatable bonds is 8. The fourth-order valence-electron chi connectivity index (χ4n) is 2.76. The van der Waals surface area contributed by atoms with Gasteiger partial charge in [-0.15, -0.1) is 11.8 Å². The Morgan fingerprint density at radius 2 is 1.89 bits per heavy atom. The maximum Gasteiger partial charge on any atom is 0.327 e. The van der Waals surface area contributed by atoms with Crippen molar-refractivity contribution in [2.24, 2.45) is 5.92 Å². The Morgan fingerprint density at radius 1 is 1.21 bits per heavy atom. The predicted molar refractivity (Wildman–Crippen MR) is 115 cm³/mol. The lowest BCUT2D eigenvalue weighted by Gasteiger charge is -2.29. The van der Waals surface area contributed by atoms with Gasteiger partial charge >= 0.3 is 5.97 Å². The van der Waals surface area contributed by atoms with Gasteiger partial charge in [0.1, 0.15) is 6.04 Å². The van der Waals surface area contributed by atoms with Gasteiger partial charge in [0.2, 0.25) is 11.0 Å². The number of carbonyl (C=O) groups is 4. The molecule has 1 heterocycles. The molecule has 2 unspecified atom stereocenters. The first-order valence-corrected chi connectivity index (χ1v) is 11.9. The summed E-state index contributed by atoms with van der Waals surface area (Å²) in [6.07, 6.45) is 0.549. The third-order valence-corrected chi connectivity index (χ3v) is 7.56. The highest BCUT2D eigenvalue weighted by Gasteiger charge is 2.42. The van der Waals surface area contributed by atoms with E-state index in [4.69, 9.17) is 0 Å². The van der Waals surface area contributed by atoms with Gasteiger partial charge in [0.25, 0.3) is 0 Å². The Morgan fingerprint density at radius 3 is 2.50 bits per heavy atom. The topological polar surface area (TPSA) is 91.8 Å². The van der Waals surface area contributed by atoms with E-state index < -0.39 is 17.9 Å². The SMILES string of the molecule is CC(=O)SCCC1SC[C@@H](C(=O)O)N1C(=O)C(C)CSC(=O)c1ccccc1. The van der Waals surface area contributed by atoms with Gasteiger partial charge in [-0.25, -0.2) is 4.79 Å². The number of carboxylic acid groups (broad SMARTS) is 1. The number of hydrogen-bond acceptors (Lipinski definition) is 7. The summed E-state index contributed by atoms with van der Waals surface area (Å²) in [6, 6.07) is 7.97. The first-order valence-electron chi connectivity index (χ1n) is 8.83. The van der Waals surface area contributed by atoms with Crippen molar-refractivity contribution in [2.45, 2.75) is 31.7 Å². The minimum absolute atomic E-state index is 0.000138. The molecule has 0 spiro atoms. The smallest absolute Gasteiger partial charge is 0.327 e. The van der Waals surface area contributed by atoms with Gasteiger partial charge in [-0.2, -0.15) is 0 Å². The highest BCUT2D eigenvalue weighted by molar-refractivity contribution is 8.14. The number of nitrogens with zero attached hydrogens (tertiary/aromatic N) is 1. The Balaban J connectivity index is 1.98. The molecule has 0 aliphatic carbocycles. The summed E-state index contributed by atoms with van der Waals surface area (Å²) < 4.78 is 0. The van der Waals surface area contributed by atoms with Crippen LogP contribution >= 0.6 is 35.3 Å². The van der Waals surface area contributed by atoms with Gasteiger partial charge in [0.05, 0.1) is 5.37 Å². The molecule has 1 aliphatic rings. The summed E-state index contributed by atoms with van der Waals surface area (Å²) in [5, 5.41) is 9.11. The lowest BCUT2D eigenvalue weighted by Crippen LogP contribution is -2.48. The first kappa shape index (κ1) is 22.8. The number of thioether (sulfide) groups is 3. The van der Waals surface area contributed by atoms with E-state index in [0.29, 0.717) is 23.5 Å². The number of benzene rings is 1. The van der Waals surface area contributed by atoms with Crippen molar-refractivity contribution >= 4 is 57.4 Å². The zero-order valence-electron chi connectivity index (χ0n) is 15.7. The standard InChI is InChI=1S/C19H23NO5S3/c1-12(10-28-19(25)14-6-4-3-5-7-14)17(22)20-15(18(23)24)11-27-16(20)8-9-26-13(2)21/h3-7,12,15-16H,8-11H2,1-2H3,(H,23,24)/t12?,15-,16?/m0/s1. The Labute approximate surface area is 177 Å². The Hall–Kier alpha value is -1.45. The van der Waals surface area contributed by atoms with Crippen LogP contribution in [0.1, 0.15) is 30.6 Å². The number of amides is 1. The third kappa shape index (κ3) is 6.28. The second-order valence-electron chi connectivity index (χ2n) is 6.38. The molecule has 3 atom stereocenters. The van der Waals surface area contributed by atoms with Crippen molar-refractivity contribution in [1.82, 2.24) is 4.90 Å². The summed E-state index contributed by atoms with van der Waals surface area (Å²) in [7, 11) is 0. The van der Waals surface area contributed by atoms with Crippen molar-refractivity contribution < 1.29 is 24.3 Å². The van der Waals surface area contributed by atoms with E-state index in [9.17, 15) is 24.3 Å². The van der Waals surface area contributed by atoms with Gasteiger partial charge in [-0.05, 0) is 6.42 Å². The monoisotopic (exact) mass is 441 g/mol. The summed E-state index contributed by atoms with van der Waals surface area (Å²) >= 11 is 3.67. The quantitative estimate of drug-likeness (QED) is 0.657. The second-order valence-corrected chi connectivity index (χ2v) is 9.86. The van der Waals surface area contributed by atoms with Crippen molar-refractivity contribution in [3.8, 4) is 0 Å². The summed E-state index contributed by atoms with van der Waals surface area (Å²) in [5.41, 5.74) is 0.575. The van der Waals surface area contributed by atoms with Crippen LogP contribution < -0.4 is 0 Å². The average molecular weight is 442 g/mol. The van der Waals surface area contributed by atoms with Crippen LogP contribution in [0.25, 0.3) is 0 Å². The number of aliphatic carboxylic acids is 1. The third-order valence-electron chi connectivity index (χ3n) is 4.20. The highest BCUT2D eigenvalue weighted by Crippen LogP contribution is 2.34. The predicted octanol–water partition coefficient (Wildman–Crippen LogP) is 3.22. The van der Waals surface area contributed by atoms with E-state index in [1.807, 2.05) is 6.07 Å². The van der Waals surface area contributed by atoms with Crippen LogP contribution in [0.2, 0.25) is 0 Å². The molecule has 6 nitrogen and oxygen atoms in total. The molecule has 2 rings (SSSR count). The van der Waals surface area contributed by atoms with E-state index in [2.05, 4.69) is 0 Å². The zero-order chi connectivity index (χ0) is 20.7. The van der Waals surface area contributed by atoms with E-state index in [-0.39, 0.29) is 27.3 Å². The molecular formula is C19H23NO5S3. The fourth-order valence-corrected chi connectivity index (χ4v) is 5.79. The van der Waals surface area contributed by atoms with Gasteiger partial charge in [-0.3, -0.25) is 14.4 Å². The molecule has 0 saturated carbocycles. The maximum absolute atomic E-state index is 13.0. The molecule has 9 heteroatoms. The molecule has 1 aliphatic heterocycles. The largest absolute Gasteiger partial charge is 0.480 e. The molecular weight excluding hydrogens is 418 g/mol. The normalized spacial score (nSPS) is 20.0. The molecule has 28 heavy (non-hydrogen) atoms. The lowest BCUT2D eigenvalue weighted by molar-refractivity contribution is -0.150. The fraction of sp³-hybridized carbons (Fsp3) is 0.474. The second kappa shape index (κ2) is 10.9. The van der Waals surface area contributed by atoms with Crippen LogP contribution in [-0.2, 0) is 14.4 Å². The summed E-state index contributed by atoms with van der Waals surface area (Å²) in [6.45, 7) is 3.20. The molecule has 152 valence electrons. The number of carbonyl (C=O) groups excluding carboxylic acids is 3. The van der Waals surface area contributed by atoms with Gasteiger partial charge < -0.3 is 10.0 Å². The highest BCUT2D eigenvalue weighted by atomic mass is 32.2. The molecule has 1 N–H and O–H groups in total. The Bertz CT molecular complexity index is 728. The molecule has 0 bridgehead atoms. The van der Waals surface area contributed by atoms with E-state index in [1.54, 1.807) is 31.2 Å². The molecule has 1 aromatic rings. The molecule has 0 aromatic heterocycles. The average Bonchev–Trinajstić information content (AvgIpc) is 3.09. The van der Waals surface area contributed by atoms with Crippen LogP contribution in [0.3, 0.4) is 0 Å². The van der Waals surface area contributed by atoms with Crippen LogP contribution in [0.4, 0.5) is 0 Å². The molecule has 1 aromatic carbocycles. The molecule has 0 radical (unpaired) electrons. The van der Waals surface area contributed by atoms with Crippen LogP contribution in [-0.4, -0.2) is 60.8 Å². The molecule has 1 amide bonds. The molecule has 1 saturated heterocycles. The van der Waals surface area contributed by atoms with Crippen LogP contribution in [0.5, 0.6) is 0 Å². The number of carboxylic acids is 1. The van der Waals surface area contributed by atoms with E-state index in [1.165, 1.54) is 35.3 Å². The van der Waals surface area contributed by atoms with E-state index in [0.717, 1.165) is 11.8 Å². The minimum Gasteiger partial charge on any atom is -0.480 e. The van der Waals surface area contributed by atoms with Crippen molar-refractivity contribution in [1.29, 1.82) is 0 Å². The van der Waals surface area contributed by atoms with Crippen LogP contribution in [0.15, 0.2) is 30.3 Å². The summed E-state index contributed by atoms with van der Waals surface area (Å²) in [5.74, 6) is -0.611. The first-order chi connectivity index (χ1) is 13.3. The van der Waals surface area contributed by atoms with Gasteiger partial charge in [0.15, 0.2) is 5.12 Å². The van der Waals surface area contributed by atoms with Crippen molar-refractivity contribution in [3.63, 3.8) is 0 Å². The van der Waals surface area contributed by atoms with E-state index >= 15 is 0 Å². The van der Waals surface area contributed by atoms with Gasteiger partial charge in [0, 0.05) is 35.7 Å². The summed E-state index contributed by atoms with van der Waals surface area (Å²) in [4.78, 5) is 49.4.